The third kappa shape index (κ3) is 6.46. The first-order valence-electron chi connectivity index (χ1n) is 13.5. The van der Waals surface area contributed by atoms with Gasteiger partial charge in [0.25, 0.3) is 5.91 Å². The molecule has 2 amide bonds. The van der Waals surface area contributed by atoms with Gasteiger partial charge in [-0.05, 0) is 69.6 Å². The van der Waals surface area contributed by atoms with Gasteiger partial charge in [-0.1, -0.05) is 35.0 Å². The molecule has 1 aliphatic heterocycles. The fourth-order valence-electron chi connectivity index (χ4n) is 5.05. The molecule has 2 N–H and O–H groups in total. The average Bonchev–Trinajstić information content (AvgIpc) is 3.49. The highest BCUT2D eigenvalue weighted by Crippen LogP contribution is 2.40. The quantitative estimate of drug-likeness (QED) is 0.403. The first-order valence-corrected chi connectivity index (χ1v) is 13.5. The minimum Gasteiger partial charge on any atom is -0.340 e. The van der Waals surface area contributed by atoms with Crippen LogP contribution in [0.25, 0.3) is 5.69 Å². The van der Waals surface area contributed by atoms with Gasteiger partial charge in [-0.15, -0.1) is 5.10 Å². The summed E-state index contributed by atoms with van der Waals surface area (Å²) in [6, 6.07) is 15.9. The largest absolute Gasteiger partial charge is 0.340 e. The molecule has 38 heavy (non-hydrogen) atoms. The Morgan fingerprint density at radius 1 is 1.03 bits per heavy atom. The van der Waals surface area contributed by atoms with E-state index in [-0.39, 0.29) is 11.8 Å². The number of nitrogens with zero attached hydrogens (tertiary/aromatic N) is 5. The van der Waals surface area contributed by atoms with Gasteiger partial charge in [-0.3, -0.25) is 9.59 Å². The third-order valence-electron chi connectivity index (χ3n) is 7.61. The molecule has 2 aliphatic rings. The van der Waals surface area contributed by atoms with Crippen molar-refractivity contribution >= 4 is 11.8 Å². The fraction of sp³-hybridized carbons (Fsp3) is 0.448. The van der Waals surface area contributed by atoms with E-state index in [1.807, 2.05) is 17.0 Å². The minimum absolute atomic E-state index is 0.00893. The number of nitrogens with one attached hydrogen (secondary N) is 2. The van der Waals surface area contributed by atoms with Crippen LogP contribution in [0.3, 0.4) is 0 Å². The highest BCUT2D eigenvalue weighted by molar-refractivity contribution is 5.97. The lowest BCUT2D eigenvalue weighted by atomic mass is 10.1. The van der Waals surface area contributed by atoms with Crippen molar-refractivity contribution in [3.8, 4) is 5.69 Å². The lowest BCUT2D eigenvalue weighted by Gasteiger charge is -2.34. The molecule has 9 nitrogen and oxygen atoms in total. The van der Waals surface area contributed by atoms with Crippen molar-refractivity contribution in [3.05, 3.63) is 77.6 Å². The number of amides is 2. The van der Waals surface area contributed by atoms with Gasteiger partial charge in [0.05, 0.1) is 18.1 Å². The number of piperazine rings is 1. The van der Waals surface area contributed by atoms with Crippen molar-refractivity contribution in [2.45, 2.75) is 44.2 Å². The van der Waals surface area contributed by atoms with Crippen LogP contribution in [0.2, 0.25) is 0 Å². The molecule has 1 aliphatic carbocycles. The Kier molecular flexibility index (Phi) is 8.14. The highest BCUT2D eigenvalue weighted by Gasteiger charge is 2.37. The van der Waals surface area contributed by atoms with Crippen LogP contribution >= 0.6 is 0 Å². The molecule has 1 saturated carbocycles. The van der Waals surface area contributed by atoms with Crippen LogP contribution in [0, 0.1) is 6.92 Å². The summed E-state index contributed by atoms with van der Waals surface area (Å²) in [6.07, 6.45) is 5.91. The van der Waals surface area contributed by atoms with Crippen LogP contribution in [-0.4, -0.2) is 88.5 Å². The molecule has 5 rings (SSSR count). The van der Waals surface area contributed by atoms with E-state index in [2.05, 4.69) is 64.1 Å². The van der Waals surface area contributed by atoms with Gasteiger partial charge in [0.1, 0.15) is 6.04 Å². The summed E-state index contributed by atoms with van der Waals surface area (Å²) in [6.45, 7) is 6.00. The number of carbonyl (C=O) groups is 2. The van der Waals surface area contributed by atoms with E-state index in [0.29, 0.717) is 37.0 Å². The number of hydrogen-bond acceptors (Lipinski definition) is 6. The summed E-state index contributed by atoms with van der Waals surface area (Å²) in [5.41, 5.74) is 4.00. The molecule has 0 radical (unpaired) electrons. The van der Waals surface area contributed by atoms with Gasteiger partial charge in [0.15, 0.2) is 0 Å². The Morgan fingerprint density at radius 2 is 1.76 bits per heavy atom. The zero-order valence-electron chi connectivity index (χ0n) is 22.2. The molecule has 9 heteroatoms. The molecular weight excluding hydrogens is 478 g/mol. The molecule has 200 valence electrons. The molecule has 0 spiro atoms. The van der Waals surface area contributed by atoms with Gasteiger partial charge in [-0.25, -0.2) is 4.68 Å². The Balaban J connectivity index is 1.16. The van der Waals surface area contributed by atoms with Crippen molar-refractivity contribution < 1.29 is 9.59 Å². The maximum Gasteiger partial charge on any atom is 0.251 e. The SMILES string of the molecule is Cc1ccc([C@H]2C[C@@H]2NCCC[C@H](NC(=O)c2ccc(-n3ccnn3)cc2)C(=O)N2CCN(C)CC2)cc1. The maximum absolute atomic E-state index is 13.4. The van der Waals surface area contributed by atoms with Gasteiger partial charge in [-0.2, -0.15) is 0 Å². The zero-order valence-corrected chi connectivity index (χ0v) is 22.2. The molecular formula is C29H37N7O2. The van der Waals surface area contributed by atoms with Crippen LogP contribution < -0.4 is 10.6 Å². The number of aromatic nitrogens is 3. The standard InChI is InChI=1S/C29H37N7O2/c1-21-5-7-22(8-6-21)25-20-27(25)30-13-3-4-26(29(38)35-18-16-34(2)17-19-35)32-28(37)23-9-11-24(12-10-23)36-15-14-31-33-36/h5-12,14-15,25-27,30H,3-4,13,16-20H2,1-2H3,(H,32,37)/t25-,26+,27+/m1/s1. The van der Waals surface area contributed by atoms with Gasteiger partial charge < -0.3 is 20.4 Å². The second-order valence-corrected chi connectivity index (χ2v) is 10.5. The molecule has 2 fully saturated rings. The van der Waals surface area contributed by atoms with Gasteiger partial charge >= 0.3 is 0 Å². The zero-order chi connectivity index (χ0) is 26.5. The van der Waals surface area contributed by atoms with Gasteiger partial charge in [0, 0.05) is 43.7 Å². The lowest BCUT2D eigenvalue weighted by molar-refractivity contribution is -0.135. The van der Waals surface area contributed by atoms with Crippen molar-refractivity contribution in [2.75, 3.05) is 39.8 Å². The Bertz CT molecular complexity index is 1200. The summed E-state index contributed by atoms with van der Waals surface area (Å²) >= 11 is 0. The summed E-state index contributed by atoms with van der Waals surface area (Å²) in [5.74, 6) is 0.338. The van der Waals surface area contributed by atoms with E-state index < -0.39 is 6.04 Å². The van der Waals surface area contributed by atoms with Crippen LogP contribution in [0.1, 0.15) is 46.7 Å². The summed E-state index contributed by atoms with van der Waals surface area (Å²) in [4.78, 5) is 30.7. The van der Waals surface area contributed by atoms with Crippen molar-refractivity contribution in [1.29, 1.82) is 0 Å². The van der Waals surface area contributed by atoms with Gasteiger partial charge in [0.2, 0.25) is 5.91 Å². The third-order valence-corrected chi connectivity index (χ3v) is 7.61. The Labute approximate surface area is 224 Å². The first-order chi connectivity index (χ1) is 18.5. The molecule has 0 bridgehead atoms. The number of likely N-dealkylation sites (N-methyl/N-ethyl adjacent to an activating group) is 1. The van der Waals surface area contributed by atoms with Crippen molar-refractivity contribution in [2.24, 2.45) is 0 Å². The Morgan fingerprint density at radius 3 is 2.45 bits per heavy atom. The maximum atomic E-state index is 13.4. The fourth-order valence-corrected chi connectivity index (χ4v) is 5.05. The van der Waals surface area contributed by atoms with E-state index in [9.17, 15) is 9.59 Å². The monoisotopic (exact) mass is 515 g/mol. The topological polar surface area (TPSA) is 95.4 Å². The average molecular weight is 516 g/mol. The molecule has 0 unspecified atom stereocenters. The first kappa shape index (κ1) is 26.1. The number of benzene rings is 2. The van der Waals surface area contributed by atoms with Crippen molar-refractivity contribution in [3.63, 3.8) is 0 Å². The highest BCUT2D eigenvalue weighted by atomic mass is 16.2. The van der Waals surface area contributed by atoms with Crippen LogP contribution in [0.4, 0.5) is 0 Å². The molecule has 2 aromatic carbocycles. The number of carbonyl (C=O) groups excluding carboxylic acids is 2. The summed E-state index contributed by atoms with van der Waals surface area (Å²) < 4.78 is 1.64. The predicted molar refractivity (Wildman–Crippen MR) is 146 cm³/mol. The minimum atomic E-state index is -0.546. The second kappa shape index (κ2) is 11.9. The smallest absolute Gasteiger partial charge is 0.251 e. The Hall–Kier alpha value is -3.56. The number of hydrogen-bond donors (Lipinski definition) is 2. The normalized spacial score (nSPS) is 20.2. The van der Waals surface area contributed by atoms with Crippen LogP contribution in [0.5, 0.6) is 0 Å². The summed E-state index contributed by atoms with van der Waals surface area (Å²) in [5, 5.41) is 14.5. The van der Waals surface area contributed by atoms with E-state index in [1.54, 1.807) is 29.2 Å². The van der Waals surface area contributed by atoms with E-state index in [0.717, 1.165) is 38.2 Å². The molecule has 1 saturated heterocycles. The number of rotatable bonds is 10. The number of aryl methyl sites for hydroxylation is 1. The second-order valence-electron chi connectivity index (χ2n) is 10.5. The lowest BCUT2D eigenvalue weighted by Crippen LogP contribution is -2.54. The van der Waals surface area contributed by atoms with Crippen LogP contribution in [0.15, 0.2) is 60.9 Å². The van der Waals surface area contributed by atoms with Crippen LogP contribution in [-0.2, 0) is 4.79 Å². The van der Waals surface area contributed by atoms with E-state index >= 15 is 0 Å². The summed E-state index contributed by atoms with van der Waals surface area (Å²) in [7, 11) is 2.07. The van der Waals surface area contributed by atoms with E-state index in [1.165, 1.54) is 11.1 Å². The molecule has 3 atom stereocenters. The predicted octanol–water partition coefficient (Wildman–Crippen LogP) is 2.37. The molecule has 3 aromatic rings. The molecule has 2 heterocycles. The van der Waals surface area contributed by atoms with E-state index in [4.69, 9.17) is 0 Å². The molecule has 1 aromatic heterocycles. The van der Waals surface area contributed by atoms with Crippen molar-refractivity contribution in [1.82, 2.24) is 35.4 Å².